The van der Waals surface area contributed by atoms with Gasteiger partial charge >= 0.3 is 0 Å². The smallest absolute Gasteiger partial charge is 0.156 e. The average Bonchev–Trinajstić information content (AvgIpc) is 2.87. The Bertz CT molecular complexity index is 1100. The summed E-state index contributed by atoms with van der Waals surface area (Å²) in [6, 6.07) is 4.04. The lowest BCUT2D eigenvalue weighted by Crippen LogP contribution is -2.40. The van der Waals surface area contributed by atoms with Gasteiger partial charge in [-0.25, -0.2) is 9.97 Å². The highest BCUT2D eigenvalue weighted by molar-refractivity contribution is 5.74. The summed E-state index contributed by atoms with van der Waals surface area (Å²) in [5.41, 5.74) is 2.33. The minimum atomic E-state index is 0.00872. The topological polar surface area (TPSA) is 83.4 Å². The second-order valence-corrected chi connectivity index (χ2v) is 8.54. The van der Waals surface area contributed by atoms with Gasteiger partial charge in [-0.1, -0.05) is 24.3 Å². The maximum absolute atomic E-state index is 10.1. The van der Waals surface area contributed by atoms with Crippen LogP contribution in [0.4, 0.5) is 17.5 Å². The SMILES string of the molecule is OC1=C(OC2CCCN(c3cncc(Nc4ccc(C5=CCCC=C5)cn4)n3)C2)C=CCC1. The van der Waals surface area contributed by atoms with Crippen molar-refractivity contribution in [2.45, 2.75) is 44.6 Å². The van der Waals surface area contributed by atoms with Crippen LogP contribution < -0.4 is 10.2 Å². The minimum Gasteiger partial charge on any atom is -0.508 e. The molecule has 2 aromatic rings. The van der Waals surface area contributed by atoms with E-state index in [1.54, 1.807) is 12.4 Å². The van der Waals surface area contributed by atoms with Crippen molar-refractivity contribution in [2.24, 2.45) is 0 Å². The number of pyridine rings is 1. The van der Waals surface area contributed by atoms with E-state index < -0.39 is 0 Å². The molecule has 170 valence electrons. The molecule has 5 rings (SSSR count). The maximum Gasteiger partial charge on any atom is 0.156 e. The van der Waals surface area contributed by atoms with E-state index in [0.29, 0.717) is 30.3 Å². The van der Waals surface area contributed by atoms with Gasteiger partial charge in [-0.3, -0.25) is 4.98 Å². The van der Waals surface area contributed by atoms with E-state index >= 15 is 0 Å². The number of nitrogens with zero attached hydrogens (tertiary/aromatic N) is 4. The number of ether oxygens (including phenoxy) is 1. The van der Waals surface area contributed by atoms with Crippen LogP contribution in [0.5, 0.6) is 0 Å². The first-order chi connectivity index (χ1) is 16.2. The molecule has 7 nitrogen and oxygen atoms in total. The molecule has 0 aromatic carbocycles. The Kier molecular flexibility index (Phi) is 6.37. The van der Waals surface area contributed by atoms with E-state index in [9.17, 15) is 5.11 Å². The van der Waals surface area contributed by atoms with Crippen molar-refractivity contribution in [1.29, 1.82) is 0 Å². The summed E-state index contributed by atoms with van der Waals surface area (Å²) in [5.74, 6) is 3.14. The Morgan fingerprint density at radius 2 is 1.97 bits per heavy atom. The summed E-state index contributed by atoms with van der Waals surface area (Å²) in [6.45, 7) is 1.60. The molecular weight excluding hydrogens is 414 g/mol. The Morgan fingerprint density at radius 1 is 1.03 bits per heavy atom. The predicted molar refractivity (Wildman–Crippen MR) is 130 cm³/mol. The molecule has 1 atom stereocenters. The van der Waals surface area contributed by atoms with Crippen LogP contribution in [0, 0.1) is 0 Å². The van der Waals surface area contributed by atoms with Crippen LogP contribution in [0.15, 0.2) is 72.6 Å². The molecule has 0 amide bonds. The lowest BCUT2D eigenvalue weighted by molar-refractivity contribution is 0.0972. The number of aliphatic hydroxyl groups is 1. The Balaban J connectivity index is 1.24. The van der Waals surface area contributed by atoms with Crippen molar-refractivity contribution >= 4 is 23.0 Å². The first-order valence-corrected chi connectivity index (χ1v) is 11.7. The molecule has 2 aromatic heterocycles. The van der Waals surface area contributed by atoms with Gasteiger partial charge in [0.15, 0.2) is 11.6 Å². The van der Waals surface area contributed by atoms with Crippen LogP contribution in [-0.2, 0) is 4.74 Å². The van der Waals surface area contributed by atoms with Gasteiger partial charge in [-0.05, 0) is 61.4 Å². The number of piperidine rings is 1. The van der Waals surface area contributed by atoms with E-state index in [1.807, 2.05) is 24.4 Å². The second kappa shape index (κ2) is 9.90. The fourth-order valence-corrected chi connectivity index (χ4v) is 4.32. The highest BCUT2D eigenvalue weighted by Gasteiger charge is 2.24. The maximum atomic E-state index is 10.1. The number of allylic oxidation sites excluding steroid dienone is 7. The van der Waals surface area contributed by atoms with E-state index in [-0.39, 0.29) is 6.10 Å². The van der Waals surface area contributed by atoms with Crippen LogP contribution in [-0.4, -0.2) is 39.3 Å². The number of rotatable bonds is 6. The standard InChI is InChI=1S/C26H29N5O2/c32-22-10-4-5-11-23(22)33-21-9-6-14-31(18-21)26-17-27-16-25(30-26)29-24-13-12-20(15-28-24)19-7-2-1-3-8-19/h2,5,7-8,11-13,15-17,21,32H,1,3-4,6,9-10,14,18H2,(H,28,29,30). The molecule has 1 fully saturated rings. The molecule has 1 aliphatic heterocycles. The van der Waals surface area contributed by atoms with Crippen LogP contribution >= 0.6 is 0 Å². The summed E-state index contributed by atoms with van der Waals surface area (Å²) in [5, 5.41) is 13.4. The van der Waals surface area contributed by atoms with Gasteiger partial charge in [0.2, 0.25) is 0 Å². The molecule has 0 radical (unpaired) electrons. The fourth-order valence-electron chi connectivity index (χ4n) is 4.32. The van der Waals surface area contributed by atoms with Crippen molar-refractivity contribution in [3.05, 3.63) is 78.2 Å². The van der Waals surface area contributed by atoms with Crippen LogP contribution in [0.1, 0.15) is 44.1 Å². The van der Waals surface area contributed by atoms with Crippen molar-refractivity contribution in [3.8, 4) is 0 Å². The molecule has 3 heterocycles. The van der Waals surface area contributed by atoms with Gasteiger partial charge in [-0.2, -0.15) is 0 Å². The number of anilines is 3. The molecular formula is C26H29N5O2. The number of hydrogen-bond acceptors (Lipinski definition) is 7. The molecule has 0 spiro atoms. The molecule has 2 aliphatic carbocycles. The number of nitrogens with one attached hydrogen (secondary N) is 1. The van der Waals surface area contributed by atoms with Crippen LogP contribution in [0.3, 0.4) is 0 Å². The number of aromatic nitrogens is 3. The molecule has 2 N–H and O–H groups in total. The summed E-state index contributed by atoms with van der Waals surface area (Å²) < 4.78 is 6.10. The minimum absolute atomic E-state index is 0.00872. The first kappa shape index (κ1) is 21.2. The molecule has 0 bridgehead atoms. The second-order valence-electron chi connectivity index (χ2n) is 8.54. The summed E-state index contributed by atoms with van der Waals surface area (Å²) in [4.78, 5) is 15.9. The predicted octanol–water partition coefficient (Wildman–Crippen LogP) is 5.45. The number of aliphatic hydroxyl groups excluding tert-OH is 1. The normalized spacial score (nSPS) is 20.5. The molecule has 33 heavy (non-hydrogen) atoms. The first-order valence-electron chi connectivity index (χ1n) is 11.7. The lowest BCUT2D eigenvalue weighted by atomic mass is 10.0. The molecule has 1 saturated heterocycles. The monoisotopic (exact) mass is 443 g/mol. The van der Waals surface area contributed by atoms with Crippen molar-refractivity contribution in [1.82, 2.24) is 15.0 Å². The van der Waals surface area contributed by atoms with Crippen molar-refractivity contribution in [2.75, 3.05) is 23.3 Å². The van der Waals surface area contributed by atoms with E-state index in [4.69, 9.17) is 9.72 Å². The number of hydrogen-bond donors (Lipinski definition) is 2. The van der Waals surface area contributed by atoms with Gasteiger partial charge in [0.25, 0.3) is 0 Å². The van der Waals surface area contributed by atoms with Crippen molar-refractivity contribution in [3.63, 3.8) is 0 Å². The fraction of sp³-hybridized carbons (Fsp3) is 0.346. The third-order valence-electron chi connectivity index (χ3n) is 6.07. The zero-order chi connectivity index (χ0) is 22.5. The highest BCUT2D eigenvalue weighted by Crippen LogP contribution is 2.26. The van der Waals surface area contributed by atoms with E-state index in [0.717, 1.165) is 55.8 Å². The highest BCUT2D eigenvalue weighted by atomic mass is 16.5. The van der Waals surface area contributed by atoms with Gasteiger partial charge in [0.05, 0.1) is 18.9 Å². The Labute approximate surface area is 194 Å². The summed E-state index contributed by atoms with van der Waals surface area (Å²) >= 11 is 0. The van der Waals surface area contributed by atoms with E-state index in [2.05, 4.69) is 44.5 Å². The van der Waals surface area contributed by atoms with Gasteiger partial charge < -0.3 is 20.1 Å². The zero-order valence-electron chi connectivity index (χ0n) is 18.7. The van der Waals surface area contributed by atoms with Gasteiger partial charge in [0.1, 0.15) is 23.5 Å². The van der Waals surface area contributed by atoms with Gasteiger partial charge in [0, 0.05) is 19.2 Å². The quantitative estimate of drug-likeness (QED) is 0.614. The summed E-state index contributed by atoms with van der Waals surface area (Å²) in [7, 11) is 0. The van der Waals surface area contributed by atoms with Crippen LogP contribution in [0.2, 0.25) is 0 Å². The Morgan fingerprint density at radius 3 is 2.79 bits per heavy atom. The van der Waals surface area contributed by atoms with Crippen molar-refractivity contribution < 1.29 is 9.84 Å². The Hall–Kier alpha value is -3.61. The van der Waals surface area contributed by atoms with Gasteiger partial charge in [-0.15, -0.1) is 0 Å². The molecule has 7 heteroatoms. The third kappa shape index (κ3) is 5.25. The third-order valence-corrected chi connectivity index (χ3v) is 6.07. The average molecular weight is 444 g/mol. The van der Waals surface area contributed by atoms with E-state index in [1.165, 1.54) is 5.57 Å². The molecule has 3 aliphatic rings. The summed E-state index contributed by atoms with van der Waals surface area (Å²) in [6.07, 6.45) is 21.5. The molecule has 1 unspecified atom stereocenters. The van der Waals surface area contributed by atoms with Crippen LogP contribution in [0.25, 0.3) is 5.57 Å². The largest absolute Gasteiger partial charge is 0.508 e. The zero-order valence-corrected chi connectivity index (χ0v) is 18.7. The molecule has 0 saturated carbocycles. The lowest BCUT2D eigenvalue weighted by Gasteiger charge is -2.34.